The molecule has 0 unspecified atom stereocenters. The summed E-state index contributed by atoms with van der Waals surface area (Å²) in [6, 6.07) is 6.92. The van der Waals surface area contributed by atoms with Crippen LogP contribution in [-0.2, 0) is 6.42 Å². The minimum atomic E-state index is 0.181. The molecule has 2 nitrogen and oxygen atoms in total. The smallest absolute Gasteiger partial charge is 0.115 e. The lowest BCUT2D eigenvalue weighted by Gasteiger charge is -2.32. The van der Waals surface area contributed by atoms with Gasteiger partial charge in [-0.1, -0.05) is 31.7 Å². The number of benzene rings is 1. The molecule has 0 fully saturated rings. The van der Waals surface area contributed by atoms with Gasteiger partial charge in [0, 0.05) is 17.6 Å². The first-order valence-corrected chi connectivity index (χ1v) is 5.89. The zero-order chi connectivity index (χ0) is 11.7. The standard InChI is InChI=1S/C14H19NO/c1-4-11-8-14-12(9(2)15-11)6-5-7-13(14)10(3)16/h5-7,9,11,15-16H,3-4,8H2,1-2H3/t9-,11-/m0/s1. The van der Waals surface area contributed by atoms with Gasteiger partial charge < -0.3 is 10.4 Å². The van der Waals surface area contributed by atoms with E-state index in [2.05, 4.69) is 31.8 Å². The molecular formula is C14H19NO. The fourth-order valence-electron chi connectivity index (χ4n) is 2.52. The van der Waals surface area contributed by atoms with Crippen LogP contribution >= 0.6 is 0 Å². The highest BCUT2D eigenvalue weighted by molar-refractivity contribution is 5.62. The summed E-state index contributed by atoms with van der Waals surface area (Å²) in [7, 11) is 0. The second-order valence-corrected chi connectivity index (χ2v) is 4.52. The van der Waals surface area contributed by atoms with Crippen LogP contribution in [0.1, 0.15) is 43.0 Å². The molecule has 2 heteroatoms. The third-order valence-corrected chi connectivity index (χ3v) is 3.42. The van der Waals surface area contributed by atoms with Crippen molar-refractivity contribution in [1.82, 2.24) is 5.32 Å². The molecule has 1 aliphatic rings. The zero-order valence-corrected chi connectivity index (χ0v) is 9.96. The molecule has 16 heavy (non-hydrogen) atoms. The summed E-state index contributed by atoms with van der Waals surface area (Å²) in [4.78, 5) is 0. The van der Waals surface area contributed by atoms with E-state index in [0.717, 1.165) is 18.4 Å². The maximum atomic E-state index is 9.61. The van der Waals surface area contributed by atoms with Gasteiger partial charge >= 0.3 is 0 Å². The third kappa shape index (κ3) is 1.85. The van der Waals surface area contributed by atoms with Crippen molar-refractivity contribution in [3.63, 3.8) is 0 Å². The van der Waals surface area contributed by atoms with Gasteiger partial charge in [-0.3, -0.25) is 0 Å². The van der Waals surface area contributed by atoms with Gasteiger partial charge in [-0.2, -0.15) is 0 Å². The SMILES string of the molecule is C=C(O)c1cccc2c1C[C@H](CC)N[C@H]2C. The van der Waals surface area contributed by atoms with E-state index < -0.39 is 0 Å². The number of hydrogen-bond donors (Lipinski definition) is 2. The lowest BCUT2D eigenvalue weighted by Crippen LogP contribution is -2.38. The Morgan fingerprint density at radius 2 is 2.31 bits per heavy atom. The summed E-state index contributed by atoms with van der Waals surface area (Å²) in [5.41, 5.74) is 3.45. The van der Waals surface area contributed by atoms with Gasteiger partial charge in [0.1, 0.15) is 5.76 Å². The van der Waals surface area contributed by atoms with E-state index in [9.17, 15) is 5.11 Å². The molecule has 0 aliphatic carbocycles. The Hall–Kier alpha value is -1.28. The molecule has 2 rings (SSSR count). The van der Waals surface area contributed by atoms with Crippen LogP contribution in [0.25, 0.3) is 5.76 Å². The van der Waals surface area contributed by atoms with E-state index in [1.807, 2.05) is 12.1 Å². The van der Waals surface area contributed by atoms with Crippen molar-refractivity contribution in [2.45, 2.75) is 38.8 Å². The monoisotopic (exact) mass is 217 g/mol. The van der Waals surface area contributed by atoms with Crippen molar-refractivity contribution in [3.05, 3.63) is 41.5 Å². The van der Waals surface area contributed by atoms with Crippen molar-refractivity contribution in [1.29, 1.82) is 0 Å². The molecule has 1 aliphatic heterocycles. The Kier molecular flexibility index (Phi) is 3.01. The van der Waals surface area contributed by atoms with E-state index in [1.54, 1.807) is 0 Å². The first kappa shape index (κ1) is 11.2. The van der Waals surface area contributed by atoms with Crippen LogP contribution in [0.15, 0.2) is 24.8 Å². The molecule has 2 N–H and O–H groups in total. The van der Waals surface area contributed by atoms with E-state index in [4.69, 9.17) is 0 Å². The second-order valence-electron chi connectivity index (χ2n) is 4.52. The summed E-state index contributed by atoms with van der Waals surface area (Å²) in [5.74, 6) is 0.181. The van der Waals surface area contributed by atoms with Gasteiger partial charge in [-0.05, 0) is 30.9 Å². The highest BCUT2D eigenvalue weighted by Crippen LogP contribution is 2.30. The van der Waals surface area contributed by atoms with Gasteiger partial charge in [-0.15, -0.1) is 0 Å². The van der Waals surface area contributed by atoms with Crippen LogP contribution < -0.4 is 5.32 Å². The third-order valence-electron chi connectivity index (χ3n) is 3.42. The lowest BCUT2D eigenvalue weighted by molar-refractivity contribution is 0.410. The van der Waals surface area contributed by atoms with Crippen molar-refractivity contribution < 1.29 is 5.11 Å². The summed E-state index contributed by atoms with van der Waals surface area (Å²) < 4.78 is 0. The van der Waals surface area contributed by atoms with Crippen molar-refractivity contribution in [2.24, 2.45) is 0 Å². The zero-order valence-electron chi connectivity index (χ0n) is 9.96. The Labute approximate surface area is 97.0 Å². The van der Waals surface area contributed by atoms with Gasteiger partial charge in [0.2, 0.25) is 0 Å². The largest absolute Gasteiger partial charge is 0.508 e. The summed E-state index contributed by atoms with van der Waals surface area (Å²) in [6.07, 6.45) is 2.09. The van der Waals surface area contributed by atoms with Gasteiger partial charge in [-0.25, -0.2) is 0 Å². The average Bonchev–Trinajstić information content (AvgIpc) is 2.28. The first-order valence-electron chi connectivity index (χ1n) is 5.89. The molecule has 1 aromatic carbocycles. The highest BCUT2D eigenvalue weighted by Gasteiger charge is 2.24. The van der Waals surface area contributed by atoms with Gasteiger partial charge in [0.05, 0.1) is 0 Å². The molecule has 0 saturated heterocycles. The Bertz CT molecular complexity index is 411. The summed E-state index contributed by atoms with van der Waals surface area (Å²) in [6.45, 7) is 8.00. The number of fused-ring (bicyclic) bond motifs is 1. The fraction of sp³-hybridized carbons (Fsp3) is 0.429. The Morgan fingerprint density at radius 1 is 1.56 bits per heavy atom. The van der Waals surface area contributed by atoms with Gasteiger partial charge in [0.25, 0.3) is 0 Å². The second kappa shape index (κ2) is 4.30. The predicted octanol–water partition coefficient (Wildman–Crippen LogP) is 3.20. The fourth-order valence-corrected chi connectivity index (χ4v) is 2.52. The van der Waals surface area contributed by atoms with Crippen LogP contribution in [0, 0.1) is 0 Å². The molecule has 86 valence electrons. The Balaban J connectivity index is 2.48. The van der Waals surface area contributed by atoms with Crippen LogP contribution in [0.4, 0.5) is 0 Å². The van der Waals surface area contributed by atoms with Crippen LogP contribution in [-0.4, -0.2) is 11.1 Å². The highest BCUT2D eigenvalue weighted by atomic mass is 16.3. The molecule has 1 heterocycles. The molecule has 0 amide bonds. The van der Waals surface area contributed by atoms with Crippen LogP contribution in [0.3, 0.4) is 0 Å². The van der Waals surface area contributed by atoms with Crippen LogP contribution in [0.2, 0.25) is 0 Å². The summed E-state index contributed by atoms with van der Waals surface area (Å²) in [5, 5.41) is 13.2. The Morgan fingerprint density at radius 3 is 2.94 bits per heavy atom. The summed E-state index contributed by atoms with van der Waals surface area (Å²) >= 11 is 0. The number of aliphatic hydroxyl groups is 1. The quantitative estimate of drug-likeness (QED) is 0.746. The molecular weight excluding hydrogens is 198 g/mol. The molecule has 2 atom stereocenters. The van der Waals surface area contributed by atoms with E-state index in [1.165, 1.54) is 11.1 Å². The maximum absolute atomic E-state index is 9.61. The van der Waals surface area contributed by atoms with E-state index in [-0.39, 0.29) is 5.76 Å². The van der Waals surface area contributed by atoms with E-state index >= 15 is 0 Å². The van der Waals surface area contributed by atoms with Crippen molar-refractivity contribution in [3.8, 4) is 0 Å². The maximum Gasteiger partial charge on any atom is 0.115 e. The molecule has 0 bridgehead atoms. The molecule has 1 aromatic rings. The topological polar surface area (TPSA) is 32.3 Å². The number of hydrogen-bond acceptors (Lipinski definition) is 2. The molecule has 0 saturated carbocycles. The predicted molar refractivity (Wildman–Crippen MR) is 67.4 cm³/mol. The number of aliphatic hydroxyl groups excluding tert-OH is 1. The number of rotatable bonds is 2. The lowest BCUT2D eigenvalue weighted by atomic mass is 9.86. The normalized spacial score (nSPS) is 23.9. The van der Waals surface area contributed by atoms with Crippen molar-refractivity contribution >= 4 is 5.76 Å². The average molecular weight is 217 g/mol. The van der Waals surface area contributed by atoms with Gasteiger partial charge in [0.15, 0.2) is 0 Å². The van der Waals surface area contributed by atoms with E-state index in [0.29, 0.717) is 12.1 Å². The van der Waals surface area contributed by atoms with Crippen LogP contribution in [0.5, 0.6) is 0 Å². The van der Waals surface area contributed by atoms with Crippen molar-refractivity contribution in [2.75, 3.05) is 0 Å². The molecule has 0 aromatic heterocycles. The minimum Gasteiger partial charge on any atom is -0.508 e. The first-order chi connectivity index (χ1) is 7.63. The molecule has 0 spiro atoms. The molecule has 0 radical (unpaired) electrons. The number of nitrogens with one attached hydrogen (secondary N) is 1. The minimum absolute atomic E-state index is 0.181.